The number of rotatable bonds is 2. The van der Waals surface area contributed by atoms with Crippen LogP contribution in [0.1, 0.15) is 0 Å². The standard InChI is InChI=1S/C9H9FN4O2S2/c1-14-9(12-11)17-8(13-14)6-2-4-7(5-3-6)18(10,15)16/h2-5H,11H2,1H3/b12-9+. The number of nitrogens with two attached hydrogens (primary N) is 1. The van der Waals surface area contributed by atoms with Gasteiger partial charge >= 0.3 is 10.2 Å². The Morgan fingerprint density at radius 2 is 2.00 bits per heavy atom. The summed E-state index contributed by atoms with van der Waals surface area (Å²) in [5.74, 6) is 5.17. The van der Waals surface area contributed by atoms with E-state index < -0.39 is 10.2 Å². The quantitative estimate of drug-likeness (QED) is 0.497. The van der Waals surface area contributed by atoms with Gasteiger partial charge in [-0.2, -0.15) is 18.6 Å². The Labute approximate surface area is 106 Å². The van der Waals surface area contributed by atoms with Gasteiger partial charge in [-0.3, -0.25) is 0 Å². The van der Waals surface area contributed by atoms with E-state index in [0.29, 0.717) is 15.4 Å². The Hall–Kier alpha value is -1.74. The lowest BCUT2D eigenvalue weighted by molar-refractivity contribution is 0.552. The molecule has 0 fully saturated rings. The van der Waals surface area contributed by atoms with Gasteiger partial charge in [-0.15, -0.1) is 3.89 Å². The van der Waals surface area contributed by atoms with Crippen molar-refractivity contribution >= 4 is 21.6 Å². The summed E-state index contributed by atoms with van der Waals surface area (Å²) in [5.41, 5.74) is 0.665. The van der Waals surface area contributed by atoms with E-state index in [-0.39, 0.29) is 4.90 Å². The zero-order valence-electron chi connectivity index (χ0n) is 9.24. The first kappa shape index (κ1) is 12.7. The van der Waals surface area contributed by atoms with E-state index in [1.165, 1.54) is 40.3 Å². The minimum atomic E-state index is -4.67. The second-order valence-corrected chi connectivity index (χ2v) is 5.71. The predicted octanol–water partition coefficient (Wildman–Crippen LogP) is 0.581. The van der Waals surface area contributed by atoms with Crippen molar-refractivity contribution < 1.29 is 12.3 Å². The molecule has 6 nitrogen and oxygen atoms in total. The monoisotopic (exact) mass is 288 g/mol. The Morgan fingerprint density at radius 1 is 1.39 bits per heavy atom. The van der Waals surface area contributed by atoms with Crippen LogP contribution in [0.15, 0.2) is 34.3 Å². The minimum Gasteiger partial charge on any atom is -0.320 e. The van der Waals surface area contributed by atoms with Crippen molar-refractivity contribution in [3.8, 4) is 10.6 Å². The van der Waals surface area contributed by atoms with Crippen molar-refractivity contribution in [2.75, 3.05) is 0 Å². The summed E-state index contributed by atoms with van der Waals surface area (Å²) in [6.07, 6.45) is 0. The highest BCUT2D eigenvalue weighted by Crippen LogP contribution is 2.21. The third-order valence-electron chi connectivity index (χ3n) is 2.20. The van der Waals surface area contributed by atoms with Gasteiger partial charge in [-0.05, 0) is 12.1 Å². The molecule has 1 aromatic heterocycles. The van der Waals surface area contributed by atoms with Crippen LogP contribution < -0.4 is 10.6 Å². The topological polar surface area (TPSA) is 90.3 Å². The molecule has 2 N–H and O–H groups in total. The van der Waals surface area contributed by atoms with Crippen molar-refractivity contribution in [3.63, 3.8) is 0 Å². The smallest absolute Gasteiger partial charge is 0.320 e. The van der Waals surface area contributed by atoms with Crippen molar-refractivity contribution in [1.29, 1.82) is 0 Å². The summed E-state index contributed by atoms with van der Waals surface area (Å²) < 4.78 is 35.5. The maximum atomic E-state index is 12.7. The SMILES string of the molecule is Cn1nc(-c2ccc(S(=O)(=O)F)cc2)s/c1=N/N. The summed E-state index contributed by atoms with van der Waals surface area (Å²) >= 11 is 1.24. The molecule has 9 heteroatoms. The van der Waals surface area contributed by atoms with Crippen LogP contribution in [0.2, 0.25) is 0 Å². The molecule has 0 unspecified atom stereocenters. The highest BCUT2D eigenvalue weighted by molar-refractivity contribution is 7.86. The molecule has 2 rings (SSSR count). The molecule has 0 bridgehead atoms. The first-order valence-corrected chi connectivity index (χ1v) is 6.95. The molecule has 1 aromatic carbocycles. The van der Waals surface area contributed by atoms with Gasteiger partial charge in [-0.25, -0.2) is 4.68 Å². The second kappa shape index (κ2) is 4.50. The molecule has 96 valence electrons. The molecule has 2 aromatic rings. The zero-order chi connectivity index (χ0) is 13.3. The van der Waals surface area contributed by atoms with Crippen LogP contribution in [-0.4, -0.2) is 18.2 Å². The first-order chi connectivity index (χ1) is 8.41. The molecule has 18 heavy (non-hydrogen) atoms. The molecule has 0 aliphatic heterocycles. The Kier molecular flexibility index (Phi) is 3.18. The van der Waals surface area contributed by atoms with Crippen molar-refractivity contribution in [2.24, 2.45) is 18.0 Å². The summed E-state index contributed by atoms with van der Waals surface area (Å²) in [6, 6.07) is 5.33. The molecular weight excluding hydrogens is 279 g/mol. The Morgan fingerprint density at radius 3 is 2.44 bits per heavy atom. The van der Waals surface area contributed by atoms with Gasteiger partial charge in [-0.1, -0.05) is 23.5 Å². The maximum Gasteiger partial charge on any atom is 0.332 e. The van der Waals surface area contributed by atoms with Crippen LogP contribution >= 0.6 is 11.3 Å². The molecule has 0 atom stereocenters. The highest BCUT2D eigenvalue weighted by atomic mass is 32.3. The summed E-state index contributed by atoms with van der Waals surface area (Å²) in [6.45, 7) is 0. The molecule has 0 saturated carbocycles. The number of hydrogen-bond acceptors (Lipinski definition) is 6. The summed E-state index contributed by atoms with van der Waals surface area (Å²) in [4.78, 5) is 0.142. The lowest BCUT2D eigenvalue weighted by atomic mass is 10.2. The fraction of sp³-hybridized carbons (Fsp3) is 0.111. The number of aromatic nitrogens is 2. The fourth-order valence-electron chi connectivity index (χ4n) is 1.34. The van der Waals surface area contributed by atoms with Gasteiger partial charge in [0.25, 0.3) is 0 Å². The first-order valence-electron chi connectivity index (χ1n) is 4.75. The minimum absolute atomic E-state index is 0.379. The lowest BCUT2D eigenvalue weighted by Crippen LogP contribution is -2.13. The number of nitrogens with zero attached hydrogens (tertiary/aromatic N) is 3. The van der Waals surface area contributed by atoms with Crippen LogP contribution in [0, 0.1) is 0 Å². The van der Waals surface area contributed by atoms with E-state index in [2.05, 4.69) is 10.2 Å². The van der Waals surface area contributed by atoms with Gasteiger partial charge in [0.2, 0.25) is 4.80 Å². The molecule has 0 radical (unpaired) electrons. The number of halogens is 1. The van der Waals surface area contributed by atoms with Gasteiger partial charge in [0.1, 0.15) is 5.01 Å². The maximum absolute atomic E-state index is 12.7. The molecular formula is C9H9FN4O2S2. The van der Waals surface area contributed by atoms with Gasteiger partial charge in [0, 0.05) is 12.6 Å². The van der Waals surface area contributed by atoms with Crippen LogP contribution in [0.25, 0.3) is 10.6 Å². The third kappa shape index (κ3) is 2.41. The predicted molar refractivity (Wildman–Crippen MR) is 64.6 cm³/mol. The van der Waals surface area contributed by atoms with Crippen LogP contribution in [0.3, 0.4) is 0 Å². The van der Waals surface area contributed by atoms with Gasteiger partial charge < -0.3 is 5.84 Å². The number of benzene rings is 1. The largest absolute Gasteiger partial charge is 0.332 e. The van der Waals surface area contributed by atoms with Crippen LogP contribution in [0.4, 0.5) is 3.89 Å². The van der Waals surface area contributed by atoms with Crippen LogP contribution in [0.5, 0.6) is 0 Å². The van der Waals surface area contributed by atoms with Gasteiger partial charge in [0.05, 0.1) is 4.90 Å². The molecule has 0 aliphatic carbocycles. The Bertz CT molecular complexity index is 731. The van der Waals surface area contributed by atoms with Crippen molar-refractivity contribution in [3.05, 3.63) is 29.1 Å². The van der Waals surface area contributed by atoms with E-state index in [1.807, 2.05) is 0 Å². The number of aryl methyl sites for hydroxylation is 1. The van der Waals surface area contributed by atoms with Crippen molar-refractivity contribution in [1.82, 2.24) is 9.78 Å². The van der Waals surface area contributed by atoms with E-state index in [9.17, 15) is 12.3 Å². The fourth-order valence-corrected chi connectivity index (χ4v) is 2.62. The molecule has 0 spiro atoms. The second-order valence-electron chi connectivity index (χ2n) is 3.40. The van der Waals surface area contributed by atoms with E-state index in [0.717, 1.165) is 0 Å². The van der Waals surface area contributed by atoms with Gasteiger partial charge in [0.15, 0.2) is 0 Å². The highest BCUT2D eigenvalue weighted by Gasteiger charge is 2.12. The summed E-state index contributed by atoms with van der Waals surface area (Å²) in [5, 5.41) is 8.31. The molecule has 0 saturated heterocycles. The van der Waals surface area contributed by atoms with Crippen LogP contribution in [-0.2, 0) is 17.3 Å². The normalized spacial score (nSPS) is 12.9. The summed E-state index contributed by atoms with van der Waals surface area (Å²) in [7, 11) is -2.98. The average Bonchev–Trinajstić information content (AvgIpc) is 2.69. The van der Waals surface area contributed by atoms with E-state index in [4.69, 9.17) is 5.84 Å². The van der Waals surface area contributed by atoms with E-state index >= 15 is 0 Å². The molecule has 1 heterocycles. The Balaban J connectivity index is 2.47. The average molecular weight is 288 g/mol. The third-order valence-corrected chi connectivity index (χ3v) is 4.10. The number of hydrogen-bond donors (Lipinski definition) is 1. The van der Waals surface area contributed by atoms with Crippen molar-refractivity contribution in [2.45, 2.75) is 4.90 Å². The molecule has 0 amide bonds. The molecule has 0 aliphatic rings. The van der Waals surface area contributed by atoms with E-state index in [1.54, 1.807) is 7.05 Å². The lowest BCUT2D eigenvalue weighted by Gasteiger charge is -1.97. The zero-order valence-corrected chi connectivity index (χ0v) is 10.9.